The van der Waals surface area contributed by atoms with Crippen LogP contribution in [0.5, 0.6) is 11.5 Å². The van der Waals surface area contributed by atoms with Crippen molar-refractivity contribution in [1.29, 1.82) is 0 Å². The van der Waals surface area contributed by atoms with E-state index in [-0.39, 0.29) is 5.82 Å². The third kappa shape index (κ3) is 3.16. The SMILES string of the molecule is Cc1ccc2[nH]cc(Nc3nc4ccc(Oc5ccc(F)cc5)cc4n3C)c2n1. The van der Waals surface area contributed by atoms with E-state index in [1.165, 1.54) is 12.1 Å². The molecule has 0 spiro atoms. The van der Waals surface area contributed by atoms with E-state index in [9.17, 15) is 4.39 Å². The topological polar surface area (TPSA) is 67.8 Å². The largest absolute Gasteiger partial charge is 0.457 e. The first-order chi connectivity index (χ1) is 14.1. The first-order valence-corrected chi connectivity index (χ1v) is 9.18. The number of benzene rings is 2. The zero-order valence-corrected chi connectivity index (χ0v) is 15.9. The molecule has 0 amide bonds. The van der Waals surface area contributed by atoms with Gasteiger partial charge in [-0.2, -0.15) is 0 Å². The van der Waals surface area contributed by atoms with Gasteiger partial charge in [-0.05, 0) is 55.5 Å². The predicted molar refractivity (Wildman–Crippen MR) is 111 cm³/mol. The van der Waals surface area contributed by atoms with Crippen LogP contribution in [-0.4, -0.2) is 19.5 Å². The normalized spacial score (nSPS) is 11.3. The number of anilines is 2. The highest BCUT2D eigenvalue weighted by Gasteiger charge is 2.12. The Morgan fingerprint density at radius 2 is 1.79 bits per heavy atom. The molecule has 3 heterocycles. The zero-order valence-electron chi connectivity index (χ0n) is 15.9. The number of hydrogen-bond acceptors (Lipinski definition) is 4. The minimum atomic E-state index is -0.294. The summed E-state index contributed by atoms with van der Waals surface area (Å²) in [7, 11) is 1.94. The quantitative estimate of drug-likeness (QED) is 0.431. The molecule has 0 saturated heterocycles. The molecule has 0 radical (unpaired) electrons. The molecule has 0 saturated carbocycles. The van der Waals surface area contributed by atoms with Crippen molar-refractivity contribution < 1.29 is 9.13 Å². The molecule has 0 aliphatic carbocycles. The first-order valence-electron chi connectivity index (χ1n) is 9.18. The standard InChI is InChI=1S/C22H18FN5O/c1-13-3-9-18-21(25-13)19(12-24-18)27-22-26-17-10-8-16(11-20(17)28(22)2)29-15-6-4-14(23)5-7-15/h3-12,24H,1-2H3,(H,26,27). The fraction of sp³-hybridized carbons (Fsp3) is 0.0909. The summed E-state index contributed by atoms with van der Waals surface area (Å²) >= 11 is 0. The molecule has 0 fully saturated rings. The number of nitrogens with zero attached hydrogens (tertiary/aromatic N) is 3. The lowest BCUT2D eigenvalue weighted by atomic mass is 10.3. The molecular formula is C22H18FN5O. The van der Waals surface area contributed by atoms with E-state index in [4.69, 9.17) is 4.74 Å². The van der Waals surface area contributed by atoms with E-state index >= 15 is 0 Å². The van der Waals surface area contributed by atoms with Crippen molar-refractivity contribution in [2.75, 3.05) is 5.32 Å². The predicted octanol–water partition coefficient (Wildman–Crippen LogP) is 5.43. The zero-order chi connectivity index (χ0) is 20.0. The van der Waals surface area contributed by atoms with Gasteiger partial charge in [-0.3, -0.25) is 0 Å². The van der Waals surface area contributed by atoms with E-state index in [0.29, 0.717) is 17.4 Å². The highest BCUT2D eigenvalue weighted by molar-refractivity contribution is 5.91. The second-order valence-electron chi connectivity index (χ2n) is 6.88. The van der Waals surface area contributed by atoms with Crippen LogP contribution in [0.3, 0.4) is 0 Å². The molecule has 0 unspecified atom stereocenters. The van der Waals surface area contributed by atoms with Crippen molar-refractivity contribution in [2.24, 2.45) is 7.05 Å². The Labute approximate surface area is 166 Å². The maximum atomic E-state index is 13.1. The molecule has 2 aromatic carbocycles. The van der Waals surface area contributed by atoms with Gasteiger partial charge in [-0.15, -0.1) is 0 Å². The van der Waals surface area contributed by atoms with Crippen LogP contribution in [-0.2, 0) is 7.05 Å². The number of halogens is 1. The van der Waals surface area contributed by atoms with Gasteiger partial charge in [-0.25, -0.2) is 14.4 Å². The Kier molecular flexibility index (Phi) is 3.94. The summed E-state index contributed by atoms with van der Waals surface area (Å²) in [6, 6.07) is 15.6. The molecular weight excluding hydrogens is 369 g/mol. The molecule has 0 bridgehead atoms. The van der Waals surface area contributed by atoms with Gasteiger partial charge in [0.25, 0.3) is 0 Å². The lowest BCUT2D eigenvalue weighted by molar-refractivity contribution is 0.481. The molecule has 0 aliphatic heterocycles. The van der Waals surface area contributed by atoms with Gasteiger partial charge in [0, 0.05) is 25.0 Å². The summed E-state index contributed by atoms with van der Waals surface area (Å²) in [5.41, 5.74) is 5.41. The van der Waals surface area contributed by atoms with E-state index < -0.39 is 0 Å². The number of nitrogens with one attached hydrogen (secondary N) is 2. The lowest BCUT2D eigenvalue weighted by Gasteiger charge is -2.07. The van der Waals surface area contributed by atoms with Gasteiger partial charge in [0.15, 0.2) is 0 Å². The summed E-state index contributed by atoms with van der Waals surface area (Å²) in [5, 5.41) is 3.36. The summed E-state index contributed by atoms with van der Waals surface area (Å²) in [4.78, 5) is 12.5. The average Bonchev–Trinajstić information content (AvgIpc) is 3.25. The van der Waals surface area contributed by atoms with Crippen molar-refractivity contribution in [1.82, 2.24) is 19.5 Å². The van der Waals surface area contributed by atoms with E-state index in [2.05, 4.69) is 20.3 Å². The van der Waals surface area contributed by atoms with Crippen molar-refractivity contribution >= 4 is 33.7 Å². The number of imidazole rings is 1. The third-order valence-electron chi connectivity index (χ3n) is 4.81. The fourth-order valence-electron chi connectivity index (χ4n) is 3.30. The average molecular weight is 387 g/mol. The number of fused-ring (bicyclic) bond motifs is 2. The van der Waals surface area contributed by atoms with E-state index in [0.717, 1.165) is 33.4 Å². The number of hydrogen-bond donors (Lipinski definition) is 2. The molecule has 6 nitrogen and oxygen atoms in total. The van der Waals surface area contributed by atoms with Crippen molar-refractivity contribution in [3.63, 3.8) is 0 Å². The van der Waals surface area contributed by atoms with Crippen LogP contribution in [0.25, 0.3) is 22.1 Å². The molecule has 29 heavy (non-hydrogen) atoms. The number of aromatic amines is 1. The highest BCUT2D eigenvalue weighted by Crippen LogP contribution is 2.30. The minimum absolute atomic E-state index is 0.294. The number of pyridine rings is 1. The Hall–Kier alpha value is -3.87. The maximum Gasteiger partial charge on any atom is 0.208 e. The van der Waals surface area contributed by atoms with E-state index in [1.807, 2.05) is 55.1 Å². The number of aryl methyl sites for hydroxylation is 2. The number of H-pyrrole nitrogens is 1. The van der Waals surface area contributed by atoms with Crippen molar-refractivity contribution in [3.05, 3.63) is 72.3 Å². The molecule has 3 aromatic heterocycles. The molecule has 0 atom stereocenters. The fourth-order valence-corrected chi connectivity index (χ4v) is 3.30. The highest BCUT2D eigenvalue weighted by atomic mass is 19.1. The van der Waals surface area contributed by atoms with Gasteiger partial charge >= 0.3 is 0 Å². The van der Waals surface area contributed by atoms with Gasteiger partial charge < -0.3 is 19.6 Å². The Morgan fingerprint density at radius 1 is 1.00 bits per heavy atom. The summed E-state index contributed by atoms with van der Waals surface area (Å²) in [6.45, 7) is 1.97. The van der Waals surface area contributed by atoms with Crippen LogP contribution in [0.4, 0.5) is 16.0 Å². The van der Waals surface area contributed by atoms with Crippen LogP contribution in [0, 0.1) is 12.7 Å². The molecule has 5 aromatic rings. The Balaban J connectivity index is 1.48. The van der Waals surface area contributed by atoms with E-state index in [1.54, 1.807) is 12.1 Å². The molecule has 7 heteroatoms. The van der Waals surface area contributed by atoms with Crippen LogP contribution in [0.15, 0.2) is 60.8 Å². The second kappa shape index (κ2) is 6.63. The summed E-state index contributed by atoms with van der Waals surface area (Å²) < 4.78 is 20.9. The monoisotopic (exact) mass is 387 g/mol. The first kappa shape index (κ1) is 17.2. The van der Waals surface area contributed by atoms with Gasteiger partial charge in [0.2, 0.25) is 5.95 Å². The van der Waals surface area contributed by atoms with Crippen LogP contribution in [0.1, 0.15) is 5.69 Å². The minimum Gasteiger partial charge on any atom is -0.457 e. The molecule has 144 valence electrons. The Bertz CT molecular complexity index is 1340. The second-order valence-corrected chi connectivity index (χ2v) is 6.88. The smallest absolute Gasteiger partial charge is 0.208 e. The third-order valence-corrected chi connectivity index (χ3v) is 4.81. The molecule has 0 aliphatic rings. The van der Waals surface area contributed by atoms with Gasteiger partial charge in [-0.1, -0.05) is 0 Å². The van der Waals surface area contributed by atoms with Crippen LogP contribution < -0.4 is 10.1 Å². The van der Waals surface area contributed by atoms with Gasteiger partial charge in [0.05, 0.1) is 22.2 Å². The number of ether oxygens (including phenoxy) is 1. The van der Waals surface area contributed by atoms with Crippen LogP contribution in [0.2, 0.25) is 0 Å². The Morgan fingerprint density at radius 3 is 2.62 bits per heavy atom. The summed E-state index contributed by atoms with van der Waals surface area (Å²) in [5.74, 6) is 1.63. The summed E-state index contributed by atoms with van der Waals surface area (Å²) in [6.07, 6.45) is 1.89. The van der Waals surface area contributed by atoms with Crippen molar-refractivity contribution in [2.45, 2.75) is 6.92 Å². The molecule has 2 N–H and O–H groups in total. The number of rotatable bonds is 4. The van der Waals surface area contributed by atoms with Crippen LogP contribution >= 0.6 is 0 Å². The molecule has 5 rings (SSSR count). The number of aromatic nitrogens is 4. The van der Waals surface area contributed by atoms with Crippen molar-refractivity contribution in [3.8, 4) is 11.5 Å². The maximum absolute atomic E-state index is 13.1. The lowest BCUT2D eigenvalue weighted by Crippen LogP contribution is -1.99. The van der Waals surface area contributed by atoms with Gasteiger partial charge in [0.1, 0.15) is 22.8 Å².